The van der Waals surface area contributed by atoms with E-state index in [1.165, 1.54) is 6.07 Å². The third-order valence-corrected chi connectivity index (χ3v) is 3.18. The predicted octanol–water partition coefficient (Wildman–Crippen LogP) is 4.83. The summed E-state index contributed by atoms with van der Waals surface area (Å²) in [6.45, 7) is 9.35. The molecule has 3 heteroatoms. The zero-order valence-electron chi connectivity index (χ0n) is 12.4. The molecule has 0 aliphatic heterocycles. The van der Waals surface area contributed by atoms with E-state index >= 15 is 0 Å². The largest absolute Gasteiger partial charge is 0.310 e. The van der Waals surface area contributed by atoms with Crippen LogP contribution in [0, 0.1) is 17.0 Å². The Morgan fingerprint density at radius 2 is 1.89 bits per heavy atom. The molecule has 1 rings (SSSR count). The van der Waals surface area contributed by atoms with Crippen molar-refractivity contribution in [1.82, 2.24) is 5.32 Å². The molecule has 1 aromatic carbocycles. The molecule has 1 unspecified atom stereocenters. The van der Waals surface area contributed by atoms with E-state index in [2.05, 4.69) is 33.0 Å². The molecule has 0 saturated carbocycles. The third kappa shape index (κ3) is 5.27. The van der Waals surface area contributed by atoms with Crippen LogP contribution in [-0.4, -0.2) is 6.54 Å². The van der Waals surface area contributed by atoms with E-state index in [1.807, 2.05) is 0 Å². The van der Waals surface area contributed by atoms with Crippen molar-refractivity contribution >= 4 is 0 Å². The molecule has 0 fully saturated rings. The van der Waals surface area contributed by atoms with Crippen molar-refractivity contribution in [3.05, 3.63) is 35.4 Å². The molecule has 1 aromatic rings. The van der Waals surface area contributed by atoms with Gasteiger partial charge in [0.2, 0.25) is 0 Å². The standard InChI is InChI=1S/C16H25F2N/c1-5-11-19-14(9-10-16(2,3)4)12-7-6-8-13(17)15(12)18/h6-8,14,19H,5,9-11H2,1-4H3. The molecular weight excluding hydrogens is 244 g/mol. The molecule has 0 amide bonds. The molecule has 0 aliphatic carbocycles. The fourth-order valence-electron chi connectivity index (χ4n) is 2.05. The second-order valence-corrected chi connectivity index (χ2v) is 6.25. The molecule has 0 spiro atoms. The van der Waals surface area contributed by atoms with Crippen molar-refractivity contribution in [3.63, 3.8) is 0 Å². The lowest BCUT2D eigenvalue weighted by Gasteiger charge is -2.24. The number of hydrogen-bond donors (Lipinski definition) is 1. The molecule has 0 heterocycles. The van der Waals surface area contributed by atoms with Crippen LogP contribution in [0.15, 0.2) is 18.2 Å². The minimum Gasteiger partial charge on any atom is -0.310 e. The van der Waals surface area contributed by atoms with Crippen molar-refractivity contribution in [3.8, 4) is 0 Å². The van der Waals surface area contributed by atoms with E-state index in [0.29, 0.717) is 5.56 Å². The molecule has 108 valence electrons. The van der Waals surface area contributed by atoms with Gasteiger partial charge in [0, 0.05) is 11.6 Å². The first-order valence-electron chi connectivity index (χ1n) is 7.02. The Kier molecular flexibility index (Phi) is 5.92. The average molecular weight is 269 g/mol. The Balaban J connectivity index is 2.86. The molecule has 0 saturated heterocycles. The van der Waals surface area contributed by atoms with Gasteiger partial charge in [0.25, 0.3) is 0 Å². The number of nitrogens with one attached hydrogen (secondary N) is 1. The van der Waals surface area contributed by atoms with Gasteiger partial charge in [-0.3, -0.25) is 0 Å². The summed E-state index contributed by atoms with van der Waals surface area (Å²) in [5, 5.41) is 3.32. The summed E-state index contributed by atoms with van der Waals surface area (Å²) in [4.78, 5) is 0. The van der Waals surface area contributed by atoms with Gasteiger partial charge in [0.15, 0.2) is 11.6 Å². The van der Waals surface area contributed by atoms with Crippen LogP contribution in [0.1, 0.15) is 58.6 Å². The van der Waals surface area contributed by atoms with Crippen LogP contribution in [0.3, 0.4) is 0 Å². The van der Waals surface area contributed by atoms with Gasteiger partial charge in [0.1, 0.15) is 0 Å². The summed E-state index contributed by atoms with van der Waals surface area (Å²) in [7, 11) is 0. The Morgan fingerprint density at radius 1 is 1.21 bits per heavy atom. The Hall–Kier alpha value is -0.960. The maximum absolute atomic E-state index is 13.9. The fraction of sp³-hybridized carbons (Fsp3) is 0.625. The van der Waals surface area contributed by atoms with Gasteiger partial charge >= 0.3 is 0 Å². The van der Waals surface area contributed by atoms with Gasteiger partial charge in [0.05, 0.1) is 0 Å². The van der Waals surface area contributed by atoms with Crippen LogP contribution >= 0.6 is 0 Å². The summed E-state index contributed by atoms with van der Waals surface area (Å²) >= 11 is 0. The van der Waals surface area contributed by atoms with Gasteiger partial charge in [-0.2, -0.15) is 0 Å². The van der Waals surface area contributed by atoms with Crippen LogP contribution in [0.2, 0.25) is 0 Å². The third-order valence-electron chi connectivity index (χ3n) is 3.18. The lowest BCUT2D eigenvalue weighted by atomic mass is 9.87. The van der Waals surface area contributed by atoms with Gasteiger partial charge in [-0.15, -0.1) is 0 Å². The summed E-state index contributed by atoms with van der Waals surface area (Å²) in [6, 6.07) is 4.30. The SMILES string of the molecule is CCCNC(CCC(C)(C)C)c1cccc(F)c1F. The highest BCUT2D eigenvalue weighted by molar-refractivity contribution is 5.22. The number of halogens is 2. The Morgan fingerprint density at radius 3 is 2.47 bits per heavy atom. The normalized spacial score (nSPS) is 13.6. The first-order chi connectivity index (χ1) is 8.85. The first-order valence-corrected chi connectivity index (χ1v) is 7.02. The zero-order chi connectivity index (χ0) is 14.5. The van der Waals surface area contributed by atoms with Crippen molar-refractivity contribution < 1.29 is 8.78 Å². The summed E-state index contributed by atoms with van der Waals surface area (Å²) < 4.78 is 27.2. The van der Waals surface area contributed by atoms with E-state index in [4.69, 9.17) is 0 Å². The molecule has 0 aliphatic rings. The second kappa shape index (κ2) is 6.99. The average Bonchev–Trinajstić information content (AvgIpc) is 2.32. The zero-order valence-corrected chi connectivity index (χ0v) is 12.4. The van der Waals surface area contributed by atoms with Crippen LogP contribution in [0.25, 0.3) is 0 Å². The first kappa shape index (κ1) is 16.1. The summed E-state index contributed by atoms with van der Waals surface area (Å²) in [5.74, 6) is -1.48. The van der Waals surface area contributed by atoms with Crippen LogP contribution in [0.5, 0.6) is 0 Å². The van der Waals surface area contributed by atoms with E-state index < -0.39 is 11.6 Å². The Labute approximate surface area is 115 Å². The molecule has 1 nitrogen and oxygen atoms in total. The molecular formula is C16H25F2N. The van der Waals surface area contributed by atoms with Crippen LogP contribution in [0.4, 0.5) is 8.78 Å². The molecule has 1 N–H and O–H groups in total. The fourth-order valence-corrected chi connectivity index (χ4v) is 2.05. The molecule has 19 heavy (non-hydrogen) atoms. The maximum Gasteiger partial charge on any atom is 0.163 e. The summed E-state index contributed by atoms with van der Waals surface area (Å²) in [5.41, 5.74) is 0.633. The molecule has 0 aromatic heterocycles. The number of hydrogen-bond acceptors (Lipinski definition) is 1. The minimum atomic E-state index is -0.767. The van der Waals surface area contributed by atoms with E-state index in [-0.39, 0.29) is 11.5 Å². The quantitative estimate of drug-likeness (QED) is 0.779. The van der Waals surface area contributed by atoms with Gasteiger partial charge in [-0.1, -0.05) is 39.8 Å². The number of rotatable bonds is 6. The lowest BCUT2D eigenvalue weighted by molar-refractivity contribution is 0.327. The highest BCUT2D eigenvalue weighted by Gasteiger charge is 2.20. The van der Waals surface area contributed by atoms with Crippen LogP contribution in [-0.2, 0) is 0 Å². The van der Waals surface area contributed by atoms with Crippen molar-refractivity contribution in [2.75, 3.05) is 6.54 Å². The topological polar surface area (TPSA) is 12.0 Å². The molecule has 0 radical (unpaired) electrons. The highest BCUT2D eigenvalue weighted by atomic mass is 19.2. The molecule has 0 bridgehead atoms. The minimum absolute atomic E-state index is 0.116. The Bertz CT molecular complexity index is 396. The summed E-state index contributed by atoms with van der Waals surface area (Å²) in [6.07, 6.45) is 2.75. The van der Waals surface area contributed by atoms with Crippen molar-refractivity contribution in [2.45, 2.75) is 53.0 Å². The van der Waals surface area contributed by atoms with Crippen molar-refractivity contribution in [1.29, 1.82) is 0 Å². The van der Waals surface area contributed by atoms with Gasteiger partial charge in [-0.25, -0.2) is 8.78 Å². The van der Waals surface area contributed by atoms with Crippen molar-refractivity contribution in [2.24, 2.45) is 5.41 Å². The van der Waals surface area contributed by atoms with Gasteiger partial charge in [-0.05, 0) is 37.3 Å². The number of benzene rings is 1. The highest BCUT2D eigenvalue weighted by Crippen LogP contribution is 2.29. The second-order valence-electron chi connectivity index (χ2n) is 6.25. The lowest BCUT2D eigenvalue weighted by Crippen LogP contribution is -2.24. The predicted molar refractivity (Wildman–Crippen MR) is 76.1 cm³/mol. The monoisotopic (exact) mass is 269 g/mol. The van der Waals surface area contributed by atoms with E-state index in [1.54, 1.807) is 12.1 Å². The van der Waals surface area contributed by atoms with E-state index in [9.17, 15) is 8.78 Å². The van der Waals surface area contributed by atoms with Gasteiger partial charge < -0.3 is 5.32 Å². The van der Waals surface area contributed by atoms with Crippen LogP contribution < -0.4 is 5.32 Å². The van der Waals surface area contributed by atoms with E-state index in [0.717, 1.165) is 25.8 Å². The smallest absolute Gasteiger partial charge is 0.163 e. The maximum atomic E-state index is 13.9. The molecule has 1 atom stereocenters.